The maximum Gasteiger partial charge on any atom is 0.305 e. The average molecular weight is 901 g/mol. The number of carbonyl (C=O) groups excluding carboxylic acids is 2. The van der Waals surface area contributed by atoms with E-state index in [9.17, 15) is 19.8 Å². The van der Waals surface area contributed by atoms with Crippen molar-refractivity contribution in [1.82, 2.24) is 5.32 Å². The van der Waals surface area contributed by atoms with Crippen LogP contribution < -0.4 is 5.32 Å². The van der Waals surface area contributed by atoms with Crippen molar-refractivity contribution < 1.29 is 24.5 Å². The number of carbonyl (C=O) groups is 2. The van der Waals surface area contributed by atoms with Crippen molar-refractivity contribution in [1.29, 1.82) is 0 Å². The highest BCUT2D eigenvalue weighted by Crippen LogP contribution is 2.16. The van der Waals surface area contributed by atoms with E-state index in [1.54, 1.807) is 0 Å². The number of aliphatic hydroxyl groups excluding tert-OH is 2. The van der Waals surface area contributed by atoms with Gasteiger partial charge in [-0.2, -0.15) is 0 Å². The van der Waals surface area contributed by atoms with E-state index in [0.29, 0.717) is 32.3 Å². The zero-order valence-electron chi connectivity index (χ0n) is 42.8. The molecule has 0 aromatic rings. The molecule has 0 aliphatic heterocycles. The Bertz CT molecular complexity index is 1040. The molecule has 0 heterocycles. The molecule has 0 rings (SSSR count). The third-order valence-electron chi connectivity index (χ3n) is 12.9. The van der Waals surface area contributed by atoms with Crippen LogP contribution in [-0.4, -0.2) is 47.4 Å². The highest BCUT2D eigenvalue weighted by atomic mass is 16.5. The number of rotatable bonds is 52. The van der Waals surface area contributed by atoms with Crippen molar-refractivity contribution in [2.45, 2.75) is 309 Å². The Kier molecular flexibility index (Phi) is 52.1. The van der Waals surface area contributed by atoms with E-state index in [0.717, 1.165) is 51.4 Å². The first kappa shape index (κ1) is 62.1. The summed E-state index contributed by atoms with van der Waals surface area (Å²) in [6.45, 7) is 4.89. The lowest BCUT2D eigenvalue weighted by Gasteiger charge is -2.22. The van der Waals surface area contributed by atoms with Gasteiger partial charge in [-0.05, 0) is 70.6 Å². The molecule has 6 nitrogen and oxygen atoms in total. The van der Waals surface area contributed by atoms with Gasteiger partial charge in [0, 0.05) is 12.8 Å². The molecule has 0 spiro atoms. The highest BCUT2D eigenvalue weighted by Gasteiger charge is 2.19. The SMILES string of the molecule is CCCCCCCC/C=C\CCCCCCCCCCCC(=O)OCCCCCCCC/C=C\C/C=C\CCC(=O)NC(CO)C(O)CCCCCCCCCCCCCCCCC. The van der Waals surface area contributed by atoms with Crippen molar-refractivity contribution in [3.63, 3.8) is 0 Å². The summed E-state index contributed by atoms with van der Waals surface area (Å²) in [5.74, 6) is -0.132. The molecule has 0 aliphatic carbocycles. The van der Waals surface area contributed by atoms with E-state index in [2.05, 4.69) is 49.5 Å². The van der Waals surface area contributed by atoms with E-state index in [1.165, 1.54) is 205 Å². The summed E-state index contributed by atoms with van der Waals surface area (Å²) >= 11 is 0. The predicted molar refractivity (Wildman–Crippen MR) is 278 cm³/mol. The Labute approximate surface area is 398 Å². The van der Waals surface area contributed by atoms with Crippen LogP contribution in [0.25, 0.3) is 0 Å². The van der Waals surface area contributed by atoms with Crippen molar-refractivity contribution in [3.8, 4) is 0 Å². The highest BCUT2D eigenvalue weighted by molar-refractivity contribution is 5.76. The molecule has 0 aliphatic rings. The van der Waals surface area contributed by atoms with Gasteiger partial charge in [0.25, 0.3) is 0 Å². The standard InChI is InChI=1S/C58H109NO5/c1-3-5-7-9-11-13-15-17-19-20-21-22-24-28-32-36-40-44-48-52-58(63)64-53-49-45-41-37-33-29-25-27-31-35-39-43-47-51-57(62)59-55(54-60)56(61)50-46-42-38-34-30-26-23-18-16-14-12-10-8-6-4-2/h17,19,27,31,39,43,55-56,60-61H,3-16,18,20-26,28-30,32-38,40-42,44-54H2,1-2H3,(H,59,62)/b19-17-,31-27-,43-39-. The number of unbranched alkanes of at least 4 members (excludes halogenated alkanes) is 35. The molecule has 0 aromatic carbocycles. The molecule has 0 aromatic heterocycles. The van der Waals surface area contributed by atoms with Crippen molar-refractivity contribution in [2.24, 2.45) is 0 Å². The topological polar surface area (TPSA) is 95.9 Å². The predicted octanol–water partition coefficient (Wildman–Crippen LogP) is 17.2. The molecule has 0 saturated carbocycles. The molecule has 2 atom stereocenters. The molecule has 376 valence electrons. The lowest BCUT2D eigenvalue weighted by molar-refractivity contribution is -0.143. The van der Waals surface area contributed by atoms with Crippen LogP contribution in [0.4, 0.5) is 0 Å². The molecule has 6 heteroatoms. The van der Waals surface area contributed by atoms with Crippen molar-refractivity contribution >= 4 is 11.9 Å². The number of ether oxygens (including phenoxy) is 1. The second-order valence-electron chi connectivity index (χ2n) is 19.3. The van der Waals surface area contributed by atoms with E-state index >= 15 is 0 Å². The van der Waals surface area contributed by atoms with Crippen molar-refractivity contribution in [3.05, 3.63) is 36.5 Å². The first-order chi connectivity index (χ1) is 31.5. The van der Waals surface area contributed by atoms with Gasteiger partial charge in [0.05, 0.1) is 25.4 Å². The summed E-state index contributed by atoms with van der Waals surface area (Å²) in [5, 5.41) is 23.2. The first-order valence-corrected chi connectivity index (χ1v) is 28.2. The third-order valence-corrected chi connectivity index (χ3v) is 12.9. The van der Waals surface area contributed by atoms with Crippen LogP contribution in [0, 0.1) is 0 Å². The molecule has 0 bridgehead atoms. The molecule has 64 heavy (non-hydrogen) atoms. The fourth-order valence-corrected chi connectivity index (χ4v) is 8.57. The lowest BCUT2D eigenvalue weighted by Crippen LogP contribution is -2.45. The number of amides is 1. The summed E-state index contributed by atoms with van der Waals surface area (Å²) in [5.41, 5.74) is 0. The lowest BCUT2D eigenvalue weighted by atomic mass is 10.0. The Morgan fingerprint density at radius 2 is 0.797 bits per heavy atom. The van der Waals surface area contributed by atoms with E-state index in [4.69, 9.17) is 4.74 Å². The Hall–Kier alpha value is -1.92. The smallest absolute Gasteiger partial charge is 0.305 e. The Balaban J connectivity index is 3.52. The van der Waals surface area contributed by atoms with Crippen LogP contribution in [0.15, 0.2) is 36.5 Å². The van der Waals surface area contributed by atoms with Crippen LogP contribution in [0.2, 0.25) is 0 Å². The summed E-state index contributed by atoms with van der Waals surface area (Å²) in [4.78, 5) is 24.5. The normalized spacial score (nSPS) is 12.9. The van der Waals surface area contributed by atoms with Gasteiger partial charge in [-0.25, -0.2) is 0 Å². The van der Waals surface area contributed by atoms with Gasteiger partial charge in [-0.3, -0.25) is 9.59 Å². The second-order valence-corrected chi connectivity index (χ2v) is 19.3. The van der Waals surface area contributed by atoms with Gasteiger partial charge >= 0.3 is 5.97 Å². The number of nitrogens with one attached hydrogen (secondary N) is 1. The number of hydrogen-bond donors (Lipinski definition) is 3. The third kappa shape index (κ3) is 49.5. The van der Waals surface area contributed by atoms with Gasteiger partial charge in [0.2, 0.25) is 5.91 Å². The quantitative estimate of drug-likeness (QED) is 0.0321. The maximum atomic E-state index is 12.4. The fourth-order valence-electron chi connectivity index (χ4n) is 8.57. The number of hydrogen-bond acceptors (Lipinski definition) is 5. The van der Waals surface area contributed by atoms with Gasteiger partial charge in [-0.15, -0.1) is 0 Å². The van der Waals surface area contributed by atoms with Gasteiger partial charge in [-0.1, -0.05) is 249 Å². The average Bonchev–Trinajstić information content (AvgIpc) is 3.29. The minimum absolute atomic E-state index is 0.0175. The van der Waals surface area contributed by atoms with E-state index in [1.807, 2.05) is 6.08 Å². The zero-order valence-corrected chi connectivity index (χ0v) is 42.8. The number of esters is 1. The maximum absolute atomic E-state index is 12.4. The summed E-state index contributed by atoms with van der Waals surface area (Å²) in [6.07, 6.45) is 65.7. The summed E-state index contributed by atoms with van der Waals surface area (Å²) in [6, 6.07) is -0.586. The number of allylic oxidation sites excluding steroid dienone is 6. The summed E-state index contributed by atoms with van der Waals surface area (Å²) < 4.78 is 5.47. The first-order valence-electron chi connectivity index (χ1n) is 28.2. The second kappa shape index (κ2) is 53.7. The van der Waals surface area contributed by atoms with Gasteiger partial charge in [0.1, 0.15) is 0 Å². The molecule has 0 radical (unpaired) electrons. The van der Waals surface area contributed by atoms with Gasteiger partial charge in [0.15, 0.2) is 0 Å². The number of aliphatic hydroxyl groups is 2. The minimum Gasteiger partial charge on any atom is -0.466 e. The van der Waals surface area contributed by atoms with Crippen LogP contribution in [0.1, 0.15) is 296 Å². The molecule has 1 amide bonds. The molecule has 0 fully saturated rings. The fraction of sp³-hybridized carbons (Fsp3) is 0.862. The Morgan fingerprint density at radius 3 is 1.23 bits per heavy atom. The largest absolute Gasteiger partial charge is 0.466 e. The van der Waals surface area contributed by atoms with Crippen LogP contribution in [0.5, 0.6) is 0 Å². The van der Waals surface area contributed by atoms with E-state index < -0.39 is 12.1 Å². The Morgan fingerprint density at radius 1 is 0.438 bits per heavy atom. The monoisotopic (exact) mass is 900 g/mol. The van der Waals surface area contributed by atoms with Crippen molar-refractivity contribution in [2.75, 3.05) is 13.2 Å². The molecule has 2 unspecified atom stereocenters. The molecule has 3 N–H and O–H groups in total. The van der Waals surface area contributed by atoms with E-state index in [-0.39, 0.29) is 18.5 Å². The molecule has 0 saturated heterocycles. The minimum atomic E-state index is -0.699. The van der Waals surface area contributed by atoms with Crippen LogP contribution >= 0.6 is 0 Å². The van der Waals surface area contributed by atoms with Crippen LogP contribution in [-0.2, 0) is 14.3 Å². The van der Waals surface area contributed by atoms with Gasteiger partial charge < -0.3 is 20.3 Å². The van der Waals surface area contributed by atoms with Crippen LogP contribution in [0.3, 0.4) is 0 Å². The summed E-state index contributed by atoms with van der Waals surface area (Å²) in [7, 11) is 0. The zero-order chi connectivity index (χ0) is 46.5. The molecular formula is C58H109NO5. The molecular weight excluding hydrogens is 791 g/mol.